The van der Waals surface area contributed by atoms with Crippen molar-refractivity contribution in [3.8, 4) is 0 Å². The number of anilines is 1. The number of thiazole rings is 1. The van der Waals surface area contributed by atoms with Crippen molar-refractivity contribution in [1.82, 2.24) is 10.1 Å². The molecule has 0 bridgehead atoms. The van der Waals surface area contributed by atoms with Gasteiger partial charge in [-0.1, -0.05) is 30.3 Å². The van der Waals surface area contributed by atoms with Crippen molar-refractivity contribution in [2.45, 2.75) is 53.4 Å². The Morgan fingerprint density at radius 1 is 1.33 bits per heavy atom. The molecule has 2 aromatic heterocycles. The second kappa shape index (κ2) is 5.81. The lowest BCUT2D eigenvalue weighted by Crippen LogP contribution is -2.26. The molecule has 0 unspecified atom stereocenters. The lowest BCUT2D eigenvalue weighted by atomic mass is 9.78. The van der Waals surface area contributed by atoms with E-state index in [1.807, 2.05) is 13.8 Å². The topological polar surface area (TPSA) is 85.1 Å². The Hall–Kier alpha value is -2.02. The van der Waals surface area contributed by atoms with Crippen LogP contribution in [-0.2, 0) is 11.2 Å². The number of carbonyl (C=O) groups excluding carboxylic acids is 2. The van der Waals surface area contributed by atoms with Crippen LogP contribution in [0, 0.1) is 19.3 Å². The Labute approximate surface area is 144 Å². The maximum atomic E-state index is 12.5. The first-order chi connectivity index (χ1) is 11.2. The van der Waals surface area contributed by atoms with Crippen LogP contribution in [0.2, 0.25) is 0 Å². The minimum absolute atomic E-state index is 0.0799. The minimum Gasteiger partial charge on any atom is -0.361 e. The molecule has 1 aliphatic carbocycles. The van der Waals surface area contributed by atoms with Crippen LogP contribution in [0.15, 0.2) is 4.52 Å². The number of carbonyl (C=O) groups is 2. The van der Waals surface area contributed by atoms with Gasteiger partial charge in [0.05, 0.1) is 22.2 Å². The highest BCUT2D eigenvalue weighted by Gasteiger charge is 2.34. The quantitative estimate of drug-likeness (QED) is 0.916. The summed E-state index contributed by atoms with van der Waals surface area (Å²) in [7, 11) is 0. The number of fused-ring (bicyclic) bond motifs is 1. The summed E-state index contributed by atoms with van der Waals surface area (Å²) in [5, 5.41) is 7.21. The lowest BCUT2D eigenvalue weighted by Gasteiger charge is -2.26. The van der Waals surface area contributed by atoms with Crippen LogP contribution >= 0.6 is 11.3 Å². The third kappa shape index (κ3) is 3.00. The number of ketones is 1. The number of aromatic nitrogens is 2. The smallest absolute Gasteiger partial charge is 0.233 e. The molecule has 3 rings (SSSR count). The number of aryl methyl sites for hydroxylation is 2. The Bertz CT molecular complexity index is 800. The van der Waals surface area contributed by atoms with Gasteiger partial charge in [-0.15, -0.1) is 0 Å². The second-order valence-electron chi connectivity index (χ2n) is 7.18. The number of hydrogen-bond donors (Lipinski definition) is 1. The van der Waals surface area contributed by atoms with Crippen LogP contribution in [-0.4, -0.2) is 21.8 Å². The van der Waals surface area contributed by atoms with Gasteiger partial charge in [-0.05, 0) is 32.6 Å². The van der Waals surface area contributed by atoms with Crippen molar-refractivity contribution >= 4 is 28.2 Å². The molecule has 0 radical (unpaired) electrons. The van der Waals surface area contributed by atoms with Gasteiger partial charge < -0.3 is 9.84 Å². The number of nitrogens with one attached hydrogen (secondary N) is 1. The Morgan fingerprint density at radius 2 is 2.04 bits per heavy atom. The maximum Gasteiger partial charge on any atom is 0.233 e. The Kier molecular flexibility index (Phi) is 4.07. The summed E-state index contributed by atoms with van der Waals surface area (Å²) in [4.78, 5) is 29.9. The highest BCUT2D eigenvalue weighted by atomic mass is 32.1. The summed E-state index contributed by atoms with van der Waals surface area (Å²) in [5.41, 5.74) is 2.22. The Morgan fingerprint density at radius 3 is 2.67 bits per heavy atom. The summed E-state index contributed by atoms with van der Waals surface area (Å²) in [5.74, 6) is 0.176. The first-order valence-corrected chi connectivity index (χ1v) is 8.76. The van der Waals surface area contributed by atoms with Crippen LogP contribution in [0.5, 0.6) is 0 Å². The average molecular weight is 347 g/mol. The summed E-state index contributed by atoms with van der Waals surface area (Å²) >= 11 is 1.26. The van der Waals surface area contributed by atoms with Gasteiger partial charge in [0, 0.05) is 12.0 Å². The third-order valence-electron chi connectivity index (χ3n) is 4.38. The molecule has 24 heavy (non-hydrogen) atoms. The molecule has 0 saturated heterocycles. The van der Waals surface area contributed by atoms with E-state index >= 15 is 0 Å². The maximum absolute atomic E-state index is 12.5. The fraction of sp³-hybridized carbons (Fsp3) is 0.529. The number of amides is 1. The summed E-state index contributed by atoms with van der Waals surface area (Å²) in [6.07, 6.45) is 1.27. The molecule has 1 N–H and O–H groups in total. The van der Waals surface area contributed by atoms with E-state index in [0.717, 1.165) is 17.7 Å². The number of rotatable bonds is 3. The standard InChI is InChI=1S/C17H21N3O3S/c1-8(13-9(2)20-23-10(13)3)15(22)19-16-18-11-6-17(4,5)7-12(21)14(11)24-16/h8H,6-7H2,1-5H3,(H,18,19,22)/t8-/m1/s1. The minimum atomic E-state index is -0.399. The van der Waals surface area contributed by atoms with Crippen molar-refractivity contribution in [3.63, 3.8) is 0 Å². The SMILES string of the molecule is Cc1noc(C)c1[C@@H](C)C(=O)Nc1nc2c(s1)C(=O)CC(C)(C)C2. The molecule has 2 aromatic rings. The fourth-order valence-electron chi connectivity index (χ4n) is 3.23. The van der Waals surface area contributed by atoms with Crippen molar-refractivity contribution in [2.75, 3.05) is 5.32 Å². The summed E-state index contributed by atoms with van der Waals surface area (Å²) in [6, 6.07) is 0. The highest BCUT2D eigenvalue weighted by molar-refractivity contribution is 7.17. The molecule has 1 atom stereocenters. The predicted octanol–water partition coefficient (Wildman–Crippen LogP) is 3.65. The van der Waals surface area contributed by atoms with Gasteiger partial charge in [0.25, 0.3) is 0 Å². The normalized spacial score (nSPS) is 17.5. The van der Waals surface area contributed by atoms with Crippen LogP contribution in [0.4, 0.5) is 5.13 Å². The first-order valence-electron chi connectivity index (χ1n) is 7.94. The van der Waals surface area contributed by atoms with Gasteiger partial charge in [0.15, 0.2) is 10.9 Å². The van der Waals surface area contributed by atoms with E-state index in [0.29, 0.717) is 27.9 Å². The van der Waals surface area contributed by atoms with Gasteiger partial charge in [-0.2, -0.15) is 0 Å². The molecule has 0 spiro atoms. The number of Topliss-reactive ketones (excluding diaryl/α,β-unsaturated/α-hetero) is 1. The van der Waals surface area contributed by atoms with E-state index in [4.69, 9.17) is 4.52 Å². The molecule has 128 valence electrons. The second-order valence-corrected chi connectivity index (χ2v) is 8.18. The molecule has 6 nitrogen and oxygen atoms in total. The van der Waals surface area contributed by atoms with Gasteiger partial charge in [-0.3, -0.25) is 9.59 Å². The van der Waals surface area contributed by atoms with Crippen LogP contribution in [0.3, 0.4) is 0 Å². The molecule has 1 aliphatic rings. The van der Waals surface area contributed by atoms with Crippen LogP contribution < -0.4 is 5.32 Å². The summed E-state index contributed by atoms with van der Waals surface area (Å²) in [6.45, 7) is 9.54. The van der Waals surface area contributed by atoms with Crippen molar-refractivity contribution in [2.24, 2.45) is 5.41 Å². The van der Waals surface area contributed by atoms with Gasteiger partial charge in [-0.25, -0.2) is 4.98 Å². The van der Waals surface area contributed by atoms with E-state index in [1.54, 1.807) is 6.92 Å². The molecular formula is C17H21N3O3S. The fourth-order valence-corrected chi connectivity index (χ4v) is 4.15. The van der Waals surface area contributed by atoms with Gasteiger partial charge in [0.2, 0.25) is 5.91 Å². The van der Waals surface area contributed by atoms with Crippen LogP contribution in [0.25, 0.3) is 0 Å². The summed E-state index contributed by atoms with van der Waals surface area (Å²) < 4.78 is 5.13. The van der Waals surface area contributed by atoms with Crippen molar-refractivity contribution in [3.05, 3.63) is 27.6 Å². The molecule has 7 heteroatoms. The third-order valence-corrected chi connectivity index (χ3v) is 5.43. The zero-order chi connectivity index (χ0) is 17.6. The first kappa shape index (κ1) is 16.8. The molecule has 0 saturated carbocycles. The number of hydrogen-bond acceptors (Lipinski definition) is 6. The van der Waals surface area contributed by atoms with Gasteiger partial charge in [0.1, 0.15) is 5.76 Å². The van der Waals surface area contributed by atoms with E-state index in [2.05, 4.69) is 29.3 Å². The molecule has 0 fully saturated rings. The Balaban J connectivity index is 1.80. The largest absolute Gasteiger partial charge is 0.361 e. The van der Waals surface area contributed by atoms with E-state index in [-0.39, 0.29) is 17.1 Å². The molecule has 0 aliphatic heterocycles. The highest BCUT2D eigenvalue weighted by Crippen LogP contribution is 2.38. The molecular weight excluding hydrogens is 326 g/mol. The van der Waals surface area contributed by atoms with Gasteiger partial charge >= 0.3 is 0 Å². The van der Waals surface area contributed by atoms with E-state index in [9.17, 15) is 9.59 Å². The lowest BCUT2D eigenvalue weighted by molar-refractivity contribution is -0.117. The molecule has 1 amide bonds. The number of nitrogens with zero attached hydrogens (tertiary/aromatic N) is 2. The molecule has 2 heterocycles. The zero-order valence-corrected chi connectivity index (χ0v) is 15.3. The van der Waals surface area contributed by atoms with E-state index in [1.165, 1.54) is 11.3 Å². The predicted molar refractivity (Wildman–Crippen MR) is 91.6 cm³/mol. The van der Waals surface area contributed by atoms with Crippen molar-refractivity contribution < 1.29 is 14.1 Å². The monoisotopic (exact) mass is 347 g/mol. The average Bonchev–Trinajstić information content (AvgIpc) is 3.00. The zero-order valence-electron chi connectivity index (χ0n) is 14.5. The van der Waals surface area contributed by atoms with Crippen LogP contribution in [0.1, 0.15) is 65.5 Å². The van der Waals surface area contributed by atoms with E-state index < -0.39 is 5.92 Å². The van der Waals surface area contributed by atoms with Crippen molar-refractivity contribution in [1.29, 1.82) is 0 Å². The molecule has 0 aromatic carbocycles.